The van der Waals surface area contributed by atoms with Gasteiger partial charge in [-0.05, 0) is 32.0 Å². The number of rotatable bonds is 6. The minimum absolute atomic E-state index is 0.0338. The third-order valence-electron chi connectivity index (χ3n) is 3.95. The lowest BCUT2D eigenvalue weighted by atomic mass is 10.2. The molecule has 0 aromatic carbocycles. The monoisotopic (exact) mass is 291 g/mol. The summed E-state index contributed by atoms with van der Waals surface area (Å²) in [4.78, 5) is 29.2. The summed E-state index contributed by atoms with van der Waals surface area (Å²) in [5.74, 6) is -1.58. The van der Waals surface area contributed by atoms with Crippen LogP contribution in [-0.4, -0.2) is 53.0 Å². The molecule has 0 spiro atoms. The molecule has 1 heterocycles. The van der Waals surface area contributed by atoms with Crippen molar-refractivity contribution in [3.63, 3.8) is 0 Å². The molecule has 1 aromatic rings. The highest BCUT2D eigenvalue weighted by Crippen LogP contribution is 2.21. The standard InChI is InChI=1S/C15H21N3O3/c1-18(11-5-2-3-6-11)10-9-17-14(19)13-12(15(20)21)7-4-8-16-13/h4,7-8,11H,2-3,5-6,9-10H2,1H3,(H,17,19)(H,20,21). The summed E-state index contributed by atoms with van der Waals surface area (Å²) in [6.45, 7) is 1.24. The van der Waals surface area contributed by atoms with Crippen molar-refractivity contribution in [1.82, 2.24) is 15.2 Å². The Kier molecular flexibility index (Phi) is 5.27. The summed E-state index contributed by atoms with van der Waals surface area (Å²) >= 11 is 0. The third kappa shape index (κ3) is 4.01. The molecule has 1 saturated carbocycles. The first-order valence-electron chi connectivity index (χ1n) is 7.26. The number of hydrogen-bond acceptors (Lipinski definition) is 4. The van der Waals surface area contributed by atoms with E-state index in [0.717, 1.165) is 6.54 Å². The maximum absolute atomic E-state index is 12.0. The van der Waals surface area contributed by atoms with Crippen LogP contribution in [0.5, 0.6) is 0 Å². The van der Waals surface area contributed by atoms with E-state index in [2.05, 4.69) is 22.2 Å². The number of pyridine rings is 1. The Bertz CT molecular complexity index is 513. The average molecular weight is 291 g/mol. The Morgan fingerprint density at radius 3 is 2.81 bits per heavy atom. The molecule has 1 aliphatic carbocycles. The number of amides is 1. The van der Waals surface area contributed by atoms with Crippen LogP contribution in [0.15, 0.2) is 18.3 Å². The number of aromatic nitrogens is 1. The van der Waals surface area contributed by atoms with Crippen LogP contribution in [0.2, 0.25) is 0 Å². The average Bonchev–Trinajstić information content (AvgIpc) is 3.01. The van der Waals surface area contributed by atoms with Gasteiger partial charge in [0.15, 0.2) is 0 Å². The number of likely N-dealkylation sites (N-methyl/N-ethyl adjacent to an activating group) is 1. The predicted octanol–water partition coefficient (Wildman–Crippen LogP) is 1.38. The number of carbonyl (C=O) groups excluding carboxylic acids is 1. The van der Waals surface area contributed by atoms with Gasteiger partial charge in [0.1, 0.15) is 5.69 Å². The number of aromatic carboxylic acids is 1. The van der Waals surface area contributed by atoms with E-state index in [9.17, 15) is 9.59 Å². The van der Waals surface area contributed by atoms with E-state index in [1.165, 1.54) is 44.0 Å². The fraction of sp³-hybridized carbons (Fsp3) is 0.533. The molecule has 6 nitrogen and oxygen atoms in total. The summed E-state index contributed by atoms with van der Waals surface area (Å²) in [6.07, 6.45) is 6.41. The van der Waals surface area contributed by atoms with Crippen LogP contribution in [0.4, 0.5) is 0 Å². The maximum atomic E-state index is 12.0. The molecule has 1 fully saturated rings. The Morgan fingerprint density at radius 2 is 2.14 bits per heavy atom. The number of carboxylic acid groups (broad SMARTS) is 1. The van der Waals surface area contributed by atoms with Gasteiger partial charge in [0, 0.05) is 25.3 Å². The van der Waals surface area contributed by atoms with E-state index in [4.69, 9.17) is 5.11 Å². The van der Waals surface area contributed by atoms with Crippen LogP contribution in [0.3, 0.4) is 0 Å². The first-order chi connectivity index (χ1) is 10.1. The third-order valence-corrected chi connectivity index (χ3v) is 3.95. The lowest BCUT2D eigenvalue weighted by molar-refractivity contribution is 0.0690. The Morgan fingerprint density at radius 1 is 1.43 bits per heavy atom. The molecule has 0 radical (unpaired) electrons. The molecular weight excluding hydrogens is 270 g/mol. The molecule has 6 heteroatoms. The van der Waals surface area contributed by atoms with Crippen molar-refractivity contribution >= 4 is 11.9 Å². The normalized spacial score (nSPS) is 15.3. The first-order valence-corrected chi connectivity index (χ1v) is 7.26. The van der Waals surface area contributed by atoms with Crippen molar-refractivity contribution in [3.05, 3.63) is 29.6 Å². The smallest absolute Gasteiger partial charge is 0.338 e. The number of carboxylic acids is 1. The zero-order valence-corrected chi connectivity index (χ0v) is 12.2. The van der Waals surface area contributed by atoms with Gasteiger partial charge >= 0.3 is 5.97 Å². The van der Waals surface area contributed by atoms with Crippen molar-refractivity contribution in [3.8, 4) is 0 Å². The molecule has 0 aliphatic heterocycles. The second-order valence-corrected chi connectivity index (χ2v) is 5.38. The summed E-state index contributed by atoms with van der Waals surface area (Å²) in [6, 6.07) is 3.49. The molecule has 114 valence electrons. The van der Waals surface area contributed by atoms with Crippen molar-refractivity contribution in [2.45, 2.75) is 31.7 Å². The van der Waals surface area contributed by atoms with Crippen LogP contribution in [0, 0.1) is 0 Å². The lowest BCUT2D eigenvalue weighted by Crippen LogP contribution is -2.38. The van der Waals surface area contributed by atoms with Crippen LogP contribution in [-0.2, 0) is 0 Å². The number of nitrogens with one attached hydrogen (secondary N) is 1. The van der Waals surface area contributed by atoms with E-state index in [-0.39, 0.29) is 11.3 Å². The van der Waals surface area contributed by atoms with Crippen molar-refractivity contribution < 1.29 is 14.7 Å². The van der Waals surface area contributed by atoms with Crippen LogP contribution < -0.4 is 5.32 Å². The summed E-state index contributed by atoms with van der Waals surface area (Å²) < 4.78 is 0. The Balaban J connectivity index is 1.86. The quantitative estimate of drug-likeness (QED) is 0.827. The number of carbonyl (C=O) groups is 2. The largest absolute Gasteiger partial charge is 0.478 e. The van der Waals surface area contributed by atoms with E-state index in [1.807, 2.05) is 0 Å². The van der Waals surface area contributed by atoms with Gasteiger partial charge in [0.05, 0.1) is 5.56 Å². The second kappa shape index (κ2) is 7.17. The minimum Gasteiger partial charge on any atom is -0.478 e. The van der Waals surface area contributed by atoms with Crippen LogP contribution in [0.1, 0.15) is 46.5 Å². The molecular formula is C15H21N3O3. The molecule has 21 heavy (non-hydrogen) atoms. The zero-order chi connectivity index (χ0) is 15.2. The molecule has 0 bridgehead atoms. The second-order valence-electron chi connectivity index (χ2n) is 5.38. The van der Waals surface area contributed by atoms with E-state index >= 15 is 0 Å². The van der Waals surface area contributed by atoms with Crippen LogP contribution in [0.25, 0.3) is 0 Å². The molecule has 1 aromatic heterocycles. The van der Waals surface area contributed by atoms with Crippen molar-refractivity contribution in [1.29, 1.82) is 0 Å². The number of nitrogens with zero attached hydrogens (tertiary/aromatic N) is 2. The topological polar surface area (TPSA) is 82.5 Å². The maximum Gasteiger partial charge on any atom is 0.338 e. The lowest BCUT2D eigenvalue weighted by Gasteiger charge is -2.23. The van der Waals surface area contributed by atoms with E-state index in [1.54, 1.807) is 0 Å². The van der Waals surface area contributed by atoms with Gasteiger partial charge in [-0.1, -0.05) is 12.8 Å². The van der Waals surface area contributed by atoms with Crippen molar-refractivity contribution in [2.24, 2.45) is 0 Å². The fourth-order valence-electron chi connectivity index (χ4n) is 2.72. The van der Waals surface area contributed by atoms with Crippen molar-refractivity contribution in [2.75, 3.05) is 20.1 Å². The summed E-state index contributed by atoms with van der Waals surface area (Å²) in [5.41, 5.74) is -0.104. The molecule has 0 saturated heterocycles. The zero-order valence-electron chi connectivity index (χ0n) is 12.2. The first kappa shape index (κ1) is 15.4. The van der Waals surface area contributed by atoms with Gasteiger partial charge in [-0.25, -0.2) is 4.79 Å². The fourth-order valence-corrected chi connectivity index (χ4v) is 2.72. The molecule has 2 N–H and O–H groups in total. The van der Waals surface area contributed by atoms with Gasteiger partial charge in [-0.2, -0.15) is 0 Å². The van der Waals surface area contributed by atoms with E-state index < -0.39 is 11.9 Å². The van der Waals surface area contributed by atoms with Gasteiger partial charge in [0.25, 0.3) is 5.91 Å². The number of hydrogen-bond donors (Lipinski definition) is 2. The van der Waals surface area contributed by atoms with Crippen LogP contribution >= 0.6 is 0 Å². The molecule has 1 amide bonds. The summed E-state index contributed by atoms with van der Waals surface area (Å²) in [7, 11) is 2.06. The van der Waals surface area contributed by atoms with Gasteiger partial charge < -0.3 is 15.3 Å². The minimum atomic E-state index is -1.14. The van der Waals surface area contributed by atoms with Gasteiger partial charge in [-0.15, -0.1) is 0 Å². The highest BCUT2D eigenvalue weighted by atomic mass is 16.4. The SMILES string of the molecule is CN(CCNC(=O)c1ncccc1C(=O)O)C1CCCC1. The highest BCUT2D eigenvalue weighted by molar-refractivity contribution is 6.03. The van der Waals surface area contributed by atoms with E-state index in [0.29, 0.717) is 12.6 Å². The van der Waals surface area contributed by atoms with Gasteiger partial charge in [-0.3, -0.25) is 9.78 Å². The Hall–Kier alpha value is -1.95. The molecule has 1 aliphatic rings. The summed E-state index contributed by atoms with van der Waals surface area (Å²) in [5, 5.41) is 11.8. The molecule has 0 atom stereocenters. The van der Waals surface area contributed by atoms with Gasteiger partial charge in [0.2, 0.25) is 0 Å². The predicted molar refractivity (Wildman–Crippen MR) is 78.4 cm³/mol. The Labute approximate surface area is 124 Å². The molecule has 0 unspecified atom stereocenters. The highest BCUT2D eigenvalue weighted by Gasteiger charge is 2.20. The molecule has 2 rings (SSSR count).